The molecule has 0 radical (unpaired) electrons. The van der Waals surface area contributed by atoms with Crippen molar-refractivity contribution in [3.8, 4) is 17.1 Å². The van der Waals surface area contributed by atoms with Crippen LogP contribution in [0.15, 0.2) is 10.6 Å². The van der Waals surface area contributed by atoms with Crippen LogP contribution in [0.1, 0.15) is 5.89 Å². The van der Waals surface area contributed by atoms with E-state index in [-0.39, 0.29) is 29.6 Å². The monoisotopic (exact) mass is 275 g/mol. The molecule has 0 aliphatic heterocycles. The lowest BCUT2D eigenvalue weighted by Crippen LogP contribution is -1.99. The van der Waals surface area contributed by atoms with Crippen LogP contribution in [0.2, 0.25) is 5.02 Å². The van der Waals surface area contributed by atoms with E-state index >= 15 is 0 Å². The minimum atomic E-state index is -0.890. The molecule has 2 rings (SSSR count). The smallest absolute Gasteiger partial charge is 0.240 e. The van der Waals surface area contributed by atoms with Gasteiger partial charge in [-0.05, 0) is 6.07 Å². The molecule has 8 heteroatoms. The Bertz CT molecular complexity index is 589. The molecule has 1 heterocycles. The van der Waals surface area contributed by atoms with E-state index < -0.39 is 16.7 Å². The predicted molar refractivity (Wildman–Crippen MR) is 59.1 cm³/mol. The highest BCUT2D eigenvalue weighted by atomic mass is 35.5. The molecule has 2 N–H and O–H groups in total. The number of nitrogens with two attached hydrogens (primary N) is 1. The van der Waals surface area contributed by atoms with Gasteiger partial charge in [0.1, 0.15) is 5.56 Å². The van der Waals surface area contributed by atoms with Crippen molar-refractivity contribution in [2.75, 3.05) is 7.11 Å². The van der Waals surface area contributed by atoms with Crippen molar-refractivity contribution in [1.82, 2.24) is 10.1 Å². The molecule has 2 aromatic rings. The summed E-state index contributed by atoms with van der Waals surface area (Å²) in [5, 5.41) is 3.10. The second-order valence-corrected chi connectivity index (χ2v) is 3.69. The first-order chi connectivity index (χ1) is 8.58. The number of aromatic nitrogens is 2. The Morgan fingerprint density at radius 1 is 1.50 bits per heavy atom. The Kier molecular flexibility index (Phi) is 3.44. The van der Waals surface area contributed by atoms with Gasteiger partial charge in [-0.25, -0.2) is 8.78 Å². The summed E-state index contributed by atoms with van der Waals surface area (Å²) >= 11 is 5.56. The number of halogens is 3. The minimum absolute atomic E-state index is 0.0139. The summed E-state index contributed by atoms with van der Waals surface area (Å²) < 4.78 is 37.0. The van der Waals surface area contributed by atoms with Gasteiger partial charge in [-0.3, -0.25) is 0 Å². The molecular weight excluding hydrogens is 268 g/mol. The largest absolute Gasteiger partial charge is 0.493 e. The van der Waals surface area contributed by atoms with Crippen molar-refractivity contribution >= 4 is 11.6 Å². The normalized spacial score (nSPS) is 10.7. The van der Waals surface area contributed by atoms with E-state index in [9.17, 15) is 8.78 Å². The Morgan fingerprint density at radius 2 is 2.22 bits per heavy atom. The van der Waals surface area contributed by atoms with Crippen molar-refractivity contribution in [2.24, 2.45) is 5.73 Å². The van der Waals surface area contributed by atoms with Gasteiger partial charge in [-0.2, -0.15) is 4.98 Å². The van der Waals surface area contributed by atoms with Crippen LogP contribution in [-0.4, -0.2) is 17.3 Å². The van der Waals surface area contributed by atoms with E-state index in [1.165, 1.54) is 7.11 Å². The maximum Gasteiger partial charge on any atom is 0.240 e. The second kappa shape index (κ2) is 4.87. The maximum absolute atomic E-state index is 13.9. The predicted octanol–water partition coefficient (Wildman–Crippen LogP) is 2.14. The van der Waals surface area contributed by atoms with Gasteiger partial charge in [0.15, 0.2) is 17.4 Å². The molecule has 0 saturated heterocycles. The number of methoxy groups -OCH3 is 1. The lowest BCUT2D eigenvalue weighted by Gasteiger charge is -2.08. The quantitative estimate of drug-likeness (QED) is 0.869. The van der Waals surface area contributed by atoms with Gasteiger partial charge in [0, 0.05) is 0 Å². The van der Waals surface area contributed by atoms with Crippen LogP contribution in [0, 0.1) is 11.6 Å². The fraction of sp³-hybridized carbons (Fsp3) is 0.200. The maximum atomic E-state index is 13.9. The molecule has 0 aliphatic carbocycles. The van der Waals surface area contributed by atoms with Gasteiger partial charge in [-0.1, -0.05) is 16.8 Å². The van der Waals surface area contributed by atoms with Crippen molar-refractivity contribution in [2.45, 2.75) is 6.54 Å². The first-order valence-corrected chi connectivity index (χ1v) is 5.20. The molecule has 0 aliphatic rings. The molecule has 0 bridgehead atoms. The summed E-state index contributed by atoms with van der Waals surface area (Å²) in [6.45, 7) is -0.0139. The highest BCUT2D eigenvalue weighted by Crippen LogP contribution is 2.36. The van der Waals surface area contributed by atoms with Crippen LogP contribution in [0.4, 0.5) is 8.78 Å². The molecule has 0 fully saturated rings. The van der Waals surface area contributed by atoms with E-state index in [4.69, 9.17) is 26.6 Å². The molecule has 0 unspecified atom stereocenters. The lowest BCUT2D eigenvalue weighted by atomic mass is 10.1. The number of hydrogen-bond acceptors (Lipinski definition) is 5. The van der Waals surface area contributed by atoms with E-state index in [0.717, 1.165) is 6.07 Å². The van der Waals surface area contributed by atoms with Gasteiger partial charge in [0.25, 0.3) is 0 Å². The highest BCUT2D eigenvalue weighted by molar-refractivity contribution is 6.31. The molecule has 1 aromatic heterocycles. The summed E-state index contributed by atoms with van der Waals surface area (Å²) in [6.07, 6.45) is 0. The van der Waals surface area contributed by atoms with Crippen molar-refractivity contribution in [1.29, 1.82) is 0 Å². The number of hydrogen-bond donors (Lipinski definition) is 1. The molecule has 0 atom stereocenters. The molecular formula is C10H8ClF2N3O2. The van der Waals surface area contributed by atoms with E-state index in [1.807, 2.05) is 0 Å². The zero-order valence-corrected chi connectivity index (χ0v) is 9.96. The van der Waals surface area contributed by atoms with Crippen molar-refractivity contribution in [3.05, 3.63) is 28.6 Å². The molecule has 5 nitrogen and oxygen atoms in total. The van der Waals surface area contributed by atoms with Gasteiger partial charge in [0.05, 0.1) is 18.7 Å². The second-order valence-electron chi connectivity index (χ2n) is 3.28. The Balaban J connectivity index is 2.68. The SMILES string of the molecule is COc1c(F)cc(Cl)c(F)c1-c1noc(CN)n1. The van der Waals surface area contributed by atoms with Crippen LogP contribution in [0.5, 0.6) is 5.75 Å². The fourth-order valence-corrected chi connectivity index (χ4v) is 1.61. The van der Waals surface area contributed by atoms with Crippen LogP contribution in [0.25, 0.3) is 11.4 Å². The fourth-order valence-electron chi connectivity index (χ4n) is 1.42. The van der Waals surface area contributed by atoms with Crippen LogP contribution in [0.3, 0.4) is 0 Å². The third-order valence-corrected chi connectivity index (χ3v) is 2.47. The summed E-state index contributed by atoms with van der Waals surface area (Å²) in [6, 6.07) is 0.809. The average Bonchev–Trinajstić information content (AvgIpc) is 2.81. The van der Waals surface area contributed by atoms with Crippen LogP contribution < -0.4 is 10.5 Å². The first kappa shape index (κ1) is 12.7. The summed E-state index contributed by atoms with van der Waals surface area (Å²) in [5.41, 5.74) is 4.99. The Hall–Kier alpha value is -1.73. The minimum Gasteiger partial charge on any atom is -0.493 e. The molecule has 96 valence electrons. The zero-order chi connectivity index (χ0) is 13.3. The lowest BCUT2D eigenvalue weighted by molar-refractivity contribution is 0.375. The Morgan fingerprint density at radius 3 is 2.78 bits per heavy atom. The molecule has 1 aromatic carbocycles. The van der Waals surface area contributed by atoms with Gasteiger partial charge >= 0.3 is 0 Å². The molecule has 0 spiro atoms. The summed E-state index contributed by atoms with van der Waals surface area (Å²) in [7, 11) is 1.19. The topological polar surface area (TPSA) is 74.2 Å². The van der Waals surface area contributed by atoms with E-state index in [2.05, 4.69) is 10.1 Å². The van der Waals surface area contributed by atoms with Crippen LogP contribution >= 0.6 is 11.6 Å². The molecule has 18 heavy (non-hydrogen) atoms. The van der Waals surface area contributed by atoms with E-state index in [1.54, 1.807) is 0 Å². The van der Waals surface area contributed by atoms with Crippen molar-refractivity contribution in [3.63, 3.8) is 0 Å². The number of rotatable bonds is 3. The van der Waals surface area contributed by atoms with Gasteiger partial charge < -0.3 is 15.0 Å². The standard InChI is InChI=1S/C10H8ClF2N3O2/c1-17-9-5(12)2-4(11)8(13)7(9)10-15-6(3-14)18-16-10/h2H,3,14H2,1H3. The number of nitrogens with zero attached hydrogens (tertiary/aromatic N) is 2. The zero-order valence-electron chi connectivity index (χ0n) is 9.21. The van der Waals surface area contributed by atoms with Gasteiger partial charge in [0.2, 0.25) is 11.7 Å². The first-order valence-electron chi connectivity index (χ1n) is 4.83. The molecule has 0 saturated carbocycles. The highest BCUT2D eigenvalue weighted by Gasteiger charge is 2.24. The third kappa shape index (κ3) is 2.02. The number of ether oxygens (including phenoxy) is 1. The van der Waals surface area contributed by atoms with Gasteiger partial charge in [-0.15, -0.1) is 0 Å². The third-order valence-electron chi connectivity index (χ3n) is 2.20. The average molecular weight is 276 g/mol. The molecule has 0 amide bonds. The van der Waals surface area contributed by atoms with Crippen molar-refractivity contribution < 1.29 is 18.0 Å². The van der Waals surface area contributed by atoms with E-state index in [0.29, 0.717) is 0 Å². The summed E-state index contributed by atoms with van der Waals surface area (Å²) in [5.74, 6) is -2.14. The Labute approximate surface area is 105 Å². The number of benzene rings is 1. The van der Waals surface area contributed by atoms with Crippen LogP contribution in [-0.2, 0) is 6.54 Å². The summed E-state index contributed by atoms with van der Waals surface area (Å²) in [4.78, 5) is 3.80.